The highest BCUT2D eigenvalue weighted by atomic mass is 16.6. The number of carbonyl (C=O) groups excluding carboxylic acids is 1. The molecule has 0 atom stereocenters. The Kier molecular flexibility index (Phi) is 4.61. The van der Waals surface area contributed by atoms with Crippen molar-refractivity contribution in [3.63, 3.8) is 0 Å². The van der Waals surface area contributed by atoms with Crippen LogP contribution in [0.25, 0.3) is 0 Å². The predicted octanol–water partition coefficient (Wildman–Crippen LogP) is 1.65. The van der Waals surface area contributed by atoms with E-state index in [-0.39, 0.29) is 18.0 Å². The number of hydrogen-bond donors (Lipinski definition) is 2. The predicted molar refractivity (Wildman–Crippen MR) is 72.6 cm³/mol. The Morgan fingerprint density at radius 3 is 2.63 bits per heavy atom. The van der Waals surface area contributed by atoms with Gasteiger partial charge in [-0.1, -0.05) is 12.1 Å². The van der Waals surface area contributed by atoms with E-state index < -0.39 is 10.5 Å². The number of carbonyl (C=O) groups is 1. The summed E-state index contributed by atoms with van der Waals surface area (Å²) in [6.45, 7) is 5.87. The van der Waals surface area contributed by atoms with E-state index >= 15 is 0 Å². The highest BCUT2D eigenvalue weighted by molar-refractivity contribution is 5.75. The van der Waals surface area contributed by atoms with Gasteiger partial charge in [-0.3, -0.25) is 14.9 Å². The number of nitro benzene ring substituents is 1. The maximum Gasteiger partial charge on any atom is 0.272 e. The van der Waals surface area contributed by atoms with Crippen LogP contribution >= 0.6 is 0 Å². The van der Waals surface area contributed by atoms with Crippen LogP contribution in [0.4, 0.5) is 5.69 Å². The SMILES string of the molecule is Cc1ccc(CNC(C)(C)CC(N)=O)cc1[N+](=O)[O-]. The van der Waals surface area contributed by atoms with Crippen LogP contribution in [-0.2, 0) is 11.3 Å². The minimum Gasteiger partial charge on any atom is -0.370 e. The summed E-state index contributed by atoms with van der Waals surface area (Å²) in [6.07, 6.45) is 0.209. The van der Waals surface area contributed by atoms with Crippen molar-refractivity contribution in [1.29, 1.82) is 0 Å². The first-order valence-corrected chi connectivity index (χ1v) is 5.98. The van der Waals surface area contributed by atoms with Crippen molar-refractivity contribution in [2.45, 2.75) is 39.3 Å². The molecule has 3 N–H and O–H groups in total. The van der Waals surface area contributed by atoms with Gasteiger partial charge in [0.1, 0.15) is 0 Å². The Morgan fingerprint density at radius 1 is 1.47 bits per heavy atom. The van der Waals surface area contributed by atoms with Crippen LogP contribution < -0.4 is 11.1 Å². The molecule has 0 spiro atoms. The number of nitro groups is 1. The first-order chi connectivity index (χ1) is 8.71. The fourth-order valence-corrected chi connectivity index (χ4v) is 1.80. The zero-order valence-electron chi connectivity index (χ0n) is 11.4. The minimum atomic E-state index is -0.439. The Labute approximate surface area is 112 Å². The lowest BCUT2D eigenvalue weighted by atomic mass is 9.99. The molecule has 0 unspecified atom stereocenters. The lowest BCUT2D eigenvalue weighted by molar-refractivity contribution is -0.385. The van der Waals surface area contributed by atoms with Crippen molar-refractivity contribution >= 4 is 11.6 Å². The summed E-state index contributed by atoms with van der Waals surface area (Å²) in [5.41, 5.74) is 6.26. The van der Waals surface area contributed by atoms with Crippen LogP contribution in [0.1, 0.15) is 31.4 Å². The van der Waals surface area contributed by atoms with Crippen LogP contribution in [0, 0.1) is 17.0 Å². The number of primary amides is 1. The van der Waals surface area contributed by atoms with E-state index in [1.54, 1.807) is 19.1 Å². The van der Waals surface area contributed by atoms with E-state index in [9.17, 15) is 14.9 Å². The molecule has 6 heteroatoms. The summed E-state index contributed by atoms with van der Waals surface area (Å²) < 4.78 is 0. The van der Waals surface area contributed by atoms with Gasteiger partial charge in [-0.25, -0.2) is 0 Å². The average Bonchev–Trinajstić information content (AvgIpc) is 2.26. The lowest BCUT2D eigenvalue weighted by Crippen LogP contribution is -2.42. The Balaban J connectivity index is 2.76. The van der Waals surface area contributed by atoms with Gasteiger partial charge in [0.05, 0.1) is 4.92 Å². The van der Waals surface area contributed by atoms with Gasteiger partial charge in [0.2, 0.25) is 5.91 Å². The number of nitrogens with two attached hydrogens (primary N) is 1. The molecular weight excluding hydrogens is 246 g/mol. The van der Waals surface area contributed by atoms with Gasteiger partial charge in [0.25, 0.3) is 5.69 Å². The second-order valence-corrected chi connectivity index (χ2v) is 5.26. The third kappa shape index (κ3) is 4.67. The summed E-state index contributed by atoms with van der Waals surface area (Å²) in [6, 6.07) is 5.09. The monoisotopic (exact) mass is 265 g/mol. The van der Waals surface area contributed by atoms with Crippen molar-refractivity contribution in [2.24, 2.45) is 5.73 Å². The molecule has 0 aliphatic carbocycles. The maximum absolute atomic E-state index is 10.9. The number of nitrogens with one attached hydrogen (secondary N) is 1. The number of amides is 1. The molecule has 1 rings (SSSR count). The van der Waals surface area contributed by atoms with Crippen molar-refractivity contribution in [1.82, 2.24) is 5.32 Å². The molecule has 104 valence electrons. The van der Waals surface area contributed by atoms with Gasteiger partial charge >= 0.3 is 0 Å². The average molecular weight is 265 g/mol. The zero-order chi connectivity index (χ0) is 14.6. The molecule has 1 aromatic carbocycles. The molecular formula is C13H19N3O3. The summed E-state index contributed by atoms with van der Waals surface area (Å²) in [4.78, 5) is 21.4. The third-order valence-corrected chi connectivity index (χ3v) is 2.86. The first-order valence-electron chi connectivity index (χ1n) is 5.98. The second-order valence-electron chi connectivity index (χ2n) is 5.26. The van der Waals surface area contributed by atoms with Crippen LogP contribution in [0.2, 0.25) is 0 Å². The van der Waals surface area contributed by atoms with Gasteiger partial charge in [0.15, 0.2) is 0 Å². The third-order valence-electron chi connectivity index (χ3n) is 2.86. The fourth-order valence-electron chi connectivity index (χ4n) is 1.80. The quantitative estimate of drug-likeness (QED) is 0.603. The van der Waals surface area contributed by atoms with Gasteiger partial charge in [-0.15, -0.1) is 0 Å². The largest absolute Gasteiger partial charge is 0.370 e. The van der Waals surface area contributed by atoms with Gasteiger partial charge < -0.3 is 11.1 Å². The Bertz CT molecular complexity index is 498. The molecule has 1 aromatic rings. The summed E-state index contributed by atoms with van der Waals surface area (Å²) in [5, 5.41) is 14.0. The van der Waals surface area contributed by atoms with Crippen molar-refractivity contribution in [3.8, 4) is 0 Å². The molecule has 0 heterocycles. The Morgan fingerprint density at radius 2 is 2.11 bits per heavy atom. The molecule has 0 aliphatic heterocycles. The van der Waals surface area contributed by atoms with E-state index in [2.05, 4.69) is 5.32 Å². The van der Waals surface area contributed by atoms with Crippen LogP contribution in [0.5, 0.6) is 0 Å². The summed E-state index contributed by atoms with van der Waals surface area (Å²) in [7, 11) is 0. The van der Waals surface area contributed by atoms with E-state index in [0.29, 0.717) is 12.1 Å². The molecule has 0 aromatic heterocycles. The Hall–Kier alpha value is -1.95. The molecule has 6 nitrogen and oxygen atoms in total. The molecule has 0 saturated carbocycles. The van der Waals surface area contributed by atoms with Crippen LogP contribution in [0.15, 0.2) is 18.2 Å². The van der Waals surface area contributed by atoms with E-state index in [1.807, 2.05) is 19.9 Å². The van der Waals surface area contributed by atoms with Crippen LogP contribution in [0.3, 0.4) is 0 Å². The molecule has 0 saturated heterocycles. The lowest BCUT2D eigenvalue weighted by Gasteiger charge is -2.24. The number of aryl methyl sites for hydroxylation is 1. The first kappa shape index (κ1) is 15.1. The van der Waals surface area contributed by atoms with Gasteiger partial charge in [-0.2, -0.15) is 0 Å². The molecule has 1 amide bonds. The maximum atomic E-state index is 10.9. The number of nitrogens with zero attached hydrogens (tertiary/aromatic N) is 1. The minimum absolute atomic E-state index is 0.104. The number of hydrogen-bond acceptors (Lipinski definition) is 4. The normalized spacial score (nSPS) is 11.3. The molecule has 0 radical (unpaired) electrons. The van der Waals surface area contributed by atoms with E-state index in [1.165, 1.54) is 0 Å². The zero-order valence-corrected chi connectivity index (χ0v) is 11.4. The standard InChI is InChI=1S/C13H19N3O3/c1-9-4-5-10(6-11(9)16(18)19)8-15-13(2,3)7-12(14)17/h4-6,15H,7-8H2,1-3H3,(H2,14,17). The van der Waals surface area contributed by atoms with Crippen molar-refractivity contribution in [2.75, 3.05) is 0 Å². The van der Waals surface area contributed by atoms with Gasteiger partial charge in [0, 0.05) is 30.1 Å². The molecule has 0 aliphatic rings. The second kappa shape index (κ2) is 5.79. The molecule has 0 fully saturated rings. The molecule has 19 heavy (non-hydrogen) atoms. The van der Waals surface area contributed by atoms with Crippen molar-refractivity contribution in [3.05, 3.63) is 39.4 Å². The summed E-state index contributed by atoms with van der Waals surface area (Å²) in [5.74, 6) is -0.382. The smallest absolute Gasteiger partial charge is 0.272 e. The van der Waals surface area contributed by atoms with Gasteiger partial charge in [-0.05, 0) is 26.3 Å². The molecule has 0 bridgehead atoms. The van der Waals surface area contributed by atoms with Crippen LogP contribution in [-0.4, -0.2) is 16.4 Å². The fraction of sp³-hybridized carbons (Fsp3) is 0.462. The van der Waals surface area contributed by atoms with E-state index in [4.69, 9.17) is 5.73 Å². The van der Waals surface area contributed by atoms with E-state index in [0.717, 1.165) is 5.56 Å². The highest BCUT2D eigenvalue weighted by Gasteiger charge is 2.20. The van der Waals surface area contributed by atoms with Crippen molar-refractivity contribution < 1.29 is 9.72 Å². The topological polar surface area (TPSA) is 98.3 Å². The highest BCUT2D eigenvalue weighted by Crippen LogP contribution is 2.19. The number of benzene rings is 1. The summed E-state index contributed by atoms with van der Waals surface area (Å²) >= 11 is 0. The number of rotatable bonds is 6.